The molecule has 0 radical (unpaired) electrons. The molecule has 5 aromatic rings. The fourth-order valence-electron chi connectivity index (χ4n) is 8.61. The van der Waals surface area contributed by atoms with Crippen molar-refractivity contribution in [3.8, 4) is 5.75 Å². The van der Waals surface area contributed by atoms with E-state index in [-0.39, 0.29) is 28.2 Å². The highest BCUT2D eigenvalue weighted by molar-refractivity contribution is 8.06. The molecule has 1 N–H and O–H groups in total. The molecule has 0 aliphatic heterocycles. The Morgan fingerprint density at radius 3 is 1.90 bits per heavy atom. The summed E-state index contributed by atoms with van der Waals surface area (Å²) in [6.45, 7) is 2.20. The molecule has 7 heteroatoms. The fraction of sp³-hybridized carbons (Fsp3) is 0.364. The van der Waals surface area contributed by atoms with E-state index in [0.29, 0.717) is 11.5 Å². The predicted octanol–water partition coefficient (Wildman–Crippen LogP) is 10.2. The molecule has 0 spiro atoms. The minimum atomic E-state index is -4.60. The second-order valence-corrected chi connectivity index (χ2v) is 16.3. The Bertz CT molecular complexity index is 1950. The van der Waals surface area contributed by atoms with Crippen LogP contribution in [0.5, 0.6) is 5.75 Å². The number of nitrogens with zero attached hydrogens (tertiary/aromatic N) is 2. The lowest BCUT2D eigenvalue weighted by atomic mass is 9.74. The van der Waals surface area contributed by atoms with E-state index in [9.17, 15) is 18.3 Å². The van der Waals surface area contributed by atoms with Crippen molar-refractivity contribution < 1.29 is 18.3 Å². The van der Waals surface area contributed by atoms with Gasteiger partial charge in [-0.2, -0.15) is 0 Å². The van der Waals surface area contributed by atoms with Crippen molar-refractivity contribution in [1.29, 1.82) is 0 Å². The summed E-state index contributed by atoms with van der Waals surface area (Å²) in [5, 5.41) is 11.0. The third-order valence-corrected chi connectivity index (χ3v) is 12.9. The van der Waals surface area contributed by atoms with Gasteiger partial charge in [0.15, 0.2) is 0 Å². The van der Waals surface area contributed by atoms with E-state index >= 15 is 0 Å². The summed E-state index contributed by atoms with van der Waals surface area (Å²) >= 11 is 0. The monoisotopic (exact) mass is 700 g/mol. The molecule has 2 fully saturated rings. The van der Waals surface area contributed by atoms with Gasteiger partial charge in [-0.25, -0.2) is 13.4 Å². The van der Waals surface area contributed by atoms with Crippen molar-refractivity contribution in [3.63, 3.8) is 0 Å². The average Bonchev–Trinajstić information content (AvgIpc) is 3.90. The highest BCUT2D eigenvalue weighted by Crippen LogP contribution is 2.52. The Morgan fingerprint density at radius 1 is 0.804 bits per heavy atom. The van der Waals surface area contributed by atoms with Crippen molar-refractivity contribution in [2.75, 3.05) is 0 Å². The Hall–Kier alpha value is -4.49. The number of unbranched alkanes of at least 4 members (excludes halogenated alkanes) is 2. The first-order valence-corrected chi connectivity index (χ1v) is 20.2. The summed E-state index contributed by atoms with van der Waals surface area (Å²) in [4.78, 5) is 19.1. The average molecular weight is 701 g/mol. The van der Waals surface area contributed by atoms with Gasteiger partial charge in [-0.15, -0.1) is 0 Å². The normalized spacial score (nSPS) is 16.2. The van der Waals surface area contributed by atoms with Crippen LogP contribution in [0.25, 0.3) is 0 Å². The van der Waals surface area contributed by atoms with Gasteiger partial charge in [0.2, 0.25) is 9.84 Å². The number of carbonyl (C=O) groups is 1. The first-order valence-electron chi connectivity index (χ1n) is 18.7. The van der Waals surface area contributed by atoms with Gasteiger partial charge in [-0.05, 0) is 78.2 Å². The first-order chi connectivity index (χ1) is 24.9. The molecule has 1 aromatic heterocycles. The molecule has 2 saturated carbocycles. The summed E-state index contributed by atoms with van der Waals surface area (Å²) in [5.41, 5.74) is 2.67. The van der Waals surface area contributed by atoms with Crippen LogP contribution in [0, 0.1) is 5.92 Å². The topological polar surface area (TPSA) is 89.3 Å². The number of phenolic OH excluding ortho intramolecular Hbond substituents is 1. The smallest absolute Gasteiger partial charge is 0.299 e. The van der Waals surface area contributed by atoms with Crippen LogP contribution in [0.1, 0.15) is 128 Å². The van der Waals surface area contributed by atoms with E-state index in [4.69, 9.17) is 0 Å². The Kier molecular flexibility index (Phi) is 10.3. The Labute approximate surface area is 302 Å². The molecular formula is C44H48N2O4S. The summed E-state index contributed by atoms with van der Waals surface area (Å²) in [6.07, 6.45) is 14.7. The molecule has 0 saturated heterocycles. The fourth-order valence-corrected chi connectivity index (χ4v) is 10.0. The maximum Gasteiger partial charge on any atom is 0.299 e. The van der Waals surface area contributed by atoms with Gasteiger partial charge in [-0.3, -0.25) is 4.79 Å². The molecule has 7 rings (SSSR count). The number of sulfone groups is 1. The highest BCUT2D eigenvalue weighted by atomic mass is 32.2. The minimum Gasteiger partial charge on any atom is -0.507 e. The quantitative estimate of drug-likeness (QED) is 0.0976. The molecule has 0 bridgehead atoms. The summed E-state index contributed by atoms with van der Waals surface area (Å²) in [6, 6.07) is 32.9. The van der Waals surface area contributed by atoms with Crippen molar-refractivity contribution in [3.05, 3.63) is 149 Å². The summed E-state index contributed by atoms with van der Waals surface area (Å²) < 4.78 is 31.1. The molecule has 0 unspecified atom stereocenters. The maximum atomic E-state index is 14.7. The van der Waals surface area contributed by atoms with E-state index in [1.165, 1.54) is 25.5 Å². The van der Waals surface area contributed by atoms with Crippen LogP contribution >= 0.6 is 0 Å². The second-order valence-electron chi connectivity index (χ2n) is 14.4. The highest BCUT2D eigenvalue weighted by Gasteiger charge is 2.44. The third-order valence-electron chi connectivity index (χ3n) is 11.2. The molecule has 51 heavy (non-hydrogen) atoms. The van der Waals surface area contributed by atoms with Gasteiger partial charge < -0.3 is 9.67 Å². The van der Waals surface area contributed by atoms with Crippen LogP contribution in [0.3, 0.4) is 0 Å². The number of hydrogen-bond donors (Lipinski definition) is 1. The number of aromatic nitrogens is 2. The first kappa shape index (κ1) is 34.9. The van der Waals surface area contributed by atoms with Crippen LogP contribution in [-0.2, 0) is 15.4 Å². The largest absolute Gasteiger partial charge is 0.507 e. The summed E-state index contributed by atoms with van der Waals surface area (Å²) in [7, 11) is -4.60. The van der Waals surface area contributed by atoms with Crippen molar-refractivity contribution in [1.82, 2.24) is 9.55 Å². The zero-order valence-corrected chi connectivity index (χ0v) is 30.3. The third kappa shape index (κ3) is 6.57. The number of carbonyl (C=O) groups excluding carboxylic acids is 1. The molecule has 1 atom stereocenters. The molecule has 4 aromatic carbocycles. The second kappa shape index (κ2) is 15.0. The van der Waals surface area contributed by atoms with Gasteiger partial charge in [-0.1, -0.05) is 143 Å². The van der Waals surface area contributed by atoms with Gasteiger partial charge in [0.1, 0.15) is 17.0 Å². The summed E-state index contributed by atoms with van der Waals surface area (Å²) in [5.74, 6) is 0.631. The van der Waals surface area contributed by atoms with Gasteiger partial charge >= 0.3 is 0 Å². The lowest BCUT2D eigenvalue weighted by molar-refractivity contribution is 0.106. The number of benzene rings is 4. The van der Waals surface area contributed by atoms with Crippen LogP contribution in [0.2, 0.25) is 0 Å². The number of rotatable bonds is 13. The van der Waals surface area contributed by atoms with E-state index in [1.54, 1.807) is 17.0 Å². The van der Waals surface area contributed by atoms with Gasteiger partial charge in [0.25, 0.3) is 5.12 Å². The molecule has 1 heterocycles. The molecule has 2 aliphatic rings. The molecule has 6 nitrogen and oxygen atoms in total. The Morgan fingerprint density at radius 2 is 1.37 bits per heavy atom. The molecular weight excluding hydrogens is 653 g/mol. The number of aromatic hydroxyl groups is 1. The number of phenols is 1. The lowest BCUT2D eigenvalue weighted by Crippen LogP contribution is -2.39. The standard InChI is InChI=1S/C44H48N2O4S/c1-2-3-8-25-37(32-17-9-4-10-18-32)38-28-29-40(41(42(38)47)33-26-27-33)51(49,50)43(48)39-30-45-31-46(39)44(34-19-11-5-12-20-34,35-21-13-6-14-22-35)36-23-15-7-16-24-36/h5-7,11-16,19-24,28-33,37,47H,2-4,8-10,17-18,25-27H2,1H3/t37-/m0/s1. The molecule has 2 aliphatic carbocycles. The van der Waals surface area contributed by atoms with Crippen LogP contribution in [-0.4, -0.2) is 28.2 Å². The molecule has 0 amide bonds. The lowest BCUT2D eigenvalue weighted by Gasteiger charge is -2.38. The zero-order valence-electron chi connectivity index (χ0n) is 29.5. The van der Waals surface area contributed by atoms with E-state index in [2.05, 4.69) is 11.9 Å². The van der Waals surface area contributed by atoms with Crippen LogP contribution in [0.4, 0.5) is 0 Å². The van der Waals surface area contributed by atoms with E-state index in [1.807, 2.05) is 97.1 Å². The number of hydrogen-bond acceptors (Lipinski definition) is 5. The van der Waals surface area contributed by atoms with E-state index < -0.39 is 20.5 Å². The minimum absolute atomic E-state index is 0.0449. The van der Waals surface area contributed by atoms with Crippen molar-refractivity contribution in [2.45, 2.75) is 99.8 Å². The Balaban J connectivity index is 1.36. The van der Waals surface area contributed by atoms with Crippen LogP contribution < -0.4 is 0 Å². The van der Waals surface area contributed by atoms with Crippen LogP contribution in [0.15, 0.2) is 121 Å². The van der Waals surface area contributed by atoms with Crippen molar-refractivity contribution >= 4 is 15.0 Å². The van der Waals surface area contributed by atoms with Gasteiger partial charge in [0, 0.05) is 5.56 Å². The van der Waals surface area contributed by atoms with E-state index in [0.717, 1.165) is 73.6 Å². The van der Waals surface area contributed by atoms with Crippen molar-refractivity contribution in [2.24, 2.45) is 5.92 Å². The number of imidazole rings is 1. The zero-order chi connectivity index (χ0) is 35.4. The molecule has 264 valence electrons. The SMILES string of the molecule is CCCCC[C@H](c1ccc(S(=O)(=O)C(=O)c2cncn2C(c2ccccc2)(c2ccccc2)c2ccccc2)c(C2CC2)c1O)C1CCCCC1. The predicted molar refractivity (Wildman–Crippen MR) is 202 cm³/mol. The maximum absolute atomic E-state index is 14.7. The van der Waals surface area contributed by atoms with Gasteiger partial charge in [0.05, 0.1) is 17.4 Å².